The average molecular weight is 302 g/mol. The Hall–Kier alpha value is -2.50. The Balaban J connectivity index is 2.03. The summed E-state index contributed by atoms with van der Waals surface area (Å²) in [7, 11) is 0. The molecule has 0 aliphatic rings. The van der Waals surface area contributed by atoms with Crippen LogP contribution in [0.3, 0.4) is 0 Å². The summed E-state index contributed by atoms with van der Waals surface area (Å²) < 4.78 is 5.27. The average Bonchev–Trinajstić information content (AvgIpc) is 2.81. The minimum absolute atomic E-state index is 0.474. The first-order chi connectivity index (χ1) is 10.3. The first kappa shape index (κ1) is 15.9. The van der Waals surface area contributed by atoms with Gasteiger partial charge in [0.25, 0.3) is 0 Å². The lowest BCUT2D eigenvalue weighted by Gasteiger charge is -2.20. The monoisotopic (exact) mass is 302 g/mol. The zero-order chi connectivity index (χ0) is 16.2. The Bertz CT molecular complexity index is 644. The van der Waals surface area contributed by atoms with Crippen molar-refractivity contribution in [2.75, 3.05) is 10.6 Å². The number of aromatic nitrogens is 2. The molecule has 0 unspecified atom stereocenters. The third kappa shape index (κ3) is 4.51. The minimum Gasteiger partial charge on any atom is -0.444 e. The topological polar surface area (TPSA) is 79.0 Å². The summed E-state index contributed by atoms with van der Waals surface area (Å²) in [6.45, 7) is 8.03. The predicted octanol–water partition coefficient (Wildman–Crippen LogP) is 3.68. The minimum atomic E-state index is -0.529. The molecular weight excluding hydrogens is 280 g/mol. The third-order valence-corrected chi connectivity index (χ3v) is 2.94. The molecule has 1 amide bonds. The van der Waals surface area contributed by atoms with Gasteiger partial charge < -0.3 is 15.0 Å². The standard InChI is InChI=1S/C16H22N4O2/c1-11-14(19-10-18-11)9-17-12-7-5-6-8-13(12)20-15(21)22-16(2,3)4/h5-8,10,17H,9H2,1-4H3,(H,18,19)(H,20,21). The van der Waals surface area contributed by atoms with Crippen molar-refractivity contribution in [2.45, 2.75) is 39.8 Å². The van der Waals surface area contributed by atoms with Crippen LogP contribution in [0.1, 0.15) is 32.2 Å². The Kier molecular flexibility index (Phi) is 4.70. The largest absolute Gasteiger partial charge is 0.444 e. The Morgan fingerprint density at radius 3 is 2.55 bits per heavy atom. The number of para-hydroxylation sites is 2. The van der Waals surface area contributed by atoms with E-state index in [0.717, 1.165) is 17.1 Å². The van der Waals surface area contributed by atoms with Gasteiger partial charge >= 0.3 is 6.09 Å². The van der Waals surface area contributed by atoms with Gasteiger partial charge in [0.1, 0.15) is 5.60 Å². The molecule has 1 aromatic heterocycles. The first-order valence-electron chi connectivity index (χ1n) is 7.17. The number of nitrogens with one attached hydrogen (secondary N) is 3. The van der Waals surface area contributed by atoms with Gasteiger partial charge in [-0.3, -0.25) is 5.32 Å². The number of benzene rings is 1. The number of aromatic amines is 1. The van der Waals surface area contributed by atoms with E-state index in [0.29, 0.717) is 12.2 Å². The van der Waals surface area contributed by atoms with Gasteiger partial charge in [-0.15, -0.1) is 0 Å². The fraction of sp³-hybridized carbons (Fsp3) is 0.375. The number of nitrogens with zero attached hydrogens (tertiary/aromatic N) is 1. The lowest BCUT2D eigenvalue weighted by atomic mass is 10.2. The number of hydrogen-bond donors (Lipinski definition) is 3. The normalized spacial score (nSPS) is 11.1. The molecule has 6 heteroatoms. The van der Waals surface area contributed by atoms with Crippen molar-refractivity contribution in [2.24, 2.45) is 0 Å². The molecule has 0 saturated carbocycles. The van der Waals surface area contributed by atoms with Crippen molar-refractivity contribution in [3.05, 3.63) is 42.0 Å². The first-order valence-corrected chi connectivity index (χ1v) is 7.17. The molecule has 1 aromatic carbocycles. The second-order valence-corrected chi connectivity index (χ2v) is 6.00. The lowest BCUT2D eigenvalue weighted by Crippen LogP contribution is -2.27. The number of anilines is 2. The smallest absolute Gasteiger partial charge is 0.412 e. The number of carbonyl (C=O) groups is 1. The molecule has 3 N–H and O–H groups in total. The van der Waals surface area contributed by atoms with Gasteiger partial charge in [0.15, 0.2) is 0 Å². The highest BCUT2D eigenvalue weighted by molar-refractivity contribution is 5.89. The Morgan fingerprint density at radius 1 is 1.27 bits per heavy atom. The van der Waals surface area contributed by atoms with Crippen LogP contribution in [-0.4, -0.2) is 21.7 Å². The van der Waals surface area contributed by atoms with Crippen molar-refractivity contribution in [1.82, 2.24) is 9.97 Å². The molecule has 0 atom stereocenters. The van der Waals surface area contributed by atoms with Crippen LogP contribution in [0.15, 0.2) is 30.6 Å². The van der Waals surface area contributed by atoms with Crippen LogP contribution in [0.5, 0.6) is 0 Å². The molecule has 0 aliphatic carbocycles. The number of amides is 1. The maximum absolute atomic E-state index is 11.9. The molecule has 22 heavy (non-hydrogen) atoms. The molecule has 2 aromatic rings. The van der Waals surface area contributed by atoms with Crippen molar-refractivity contribution >= 4 is 17.5 Å². The summed E-state index contributed by atoms with van der Waals surface area (Å²) in [5, 5.41) is 6.03. The summed E-state index contributed by atoms with van der Waals surface area (Å²) in [6, 6.07) is 7.48. The molecule has 0 fully saturated rings. The van der Waals surface area contributed by atoms with Crippen LogP contribution in [0.2, 0.25) is 0 Å². The third-order valence-electron chi connectivity index (χ3n) is 2.94. The second kappa shape index (κ2) is 6.51. The van der Waals surface area contributed by atoms with E-state index >= 15 is 0 Å². The van der Waals surface area contributed by atoms with Crippen LogP contribution in [0, 0.1) is 6.92 Å². The molecule has 1 heterocycles. The van der Waals surface area contributed by atoms with Crippen LogP contribution in [0.4, 0.5) is 16.2 Å². The molecular formula is C16H22N4O2. The lowest BCUT2D eigenvalue weighted by molar-refractivity contribution is 0.0636. The summed E-state index contributed by atoms with van der Waals surface area (Å²) in [5.41, 5.74) is 2.91. The zero-order valence-corrected chi connectivity index (χ0v) is 13.4. The van der Waals surface area contributed by atoms with Crippen molar-refractivity contribution in [1.29, 1.82) is 0 Å². The van der Waals surface area contributed by atoms with E-state index in [2.05, 4.69) is 20.6 Å². The van der Waals surface area contributed by atoms with Crippen LogP contribution in [-0.2, 0) is 11.3 Å². The number of rotatable bonds is 4. The van der Waals surface area contributed by atoms with Gasteiger partial charge in [0.2, 0.25) is 0 Å². The molecule has 0 bridgehead atoms. The predicted molar refractivity (Wildman–Crippen MR) is 87.0 cm³/mol. The van der Waals surface area contributed by atoms with E-state index in [1.54, 1.807) is 6.33 Å². The fourth-order valence-electron chi connectivity index (χ4n) is 1.90. The van der Waals surface area contributed by atoms with E-state index in [1.165, 1.54) is 0 Å². The number of H-pyrrole nitrogens is 1. The highest BCUT2D eigenvalue weighted by Gasteiger charge is 2.17. The molecule has 2 rings (SSSR count). The fourth-order valence-corrected chi connectivity index (χ4v) is 1.90. The number of carbonyl (C=O) groups excluding carboxylic acids is 1. The van der Waals surface area contributed by atoms with Gasteiger partial charge in [-0.25, -0.2) is 9.78 Å². The second-order valence-electron chi connectivity index (χ2n) is 6.00. The highest BCUT2D eigenvalue weighted by atomic mass is 16.6. The molecule has 0 radical (unpaired) electrons. The van der Waals surface area contributed by atoms with Crippen molar-refractivity contribution < 1.29 is 9.53 Å². The van der Waals surface area contributed by atoms with Crippen molar-refractivity contribution in [3.63, 3.8) is 0 Å². The van der Waals surface area contributed by atoms with E-state index in [1.807, 2.05) is 52.0 Å². The summed E-state index contributed by atoms with van der Waals surface area (Å²) in [4.78, 5) is 19.2. The van der Waals surface area contributed by atoms with Crippen LogP contribution < -0.4 is 10.6 Å². The summed E-state index contributed by atoms with van der Waals surface area (Å²) >= 11 is 0. The summed E-state index contributed by atoms with van der Waals surface area (Å²) in [6.07, 6.45) is 1.19. The van der Waals surface area contributed by atoms with Gasteiger partial charge in [-0.1, -0.05) is 12.1 Å². The molecule has 118 valence electrons. The van der Waals surface area contributed by atoms with E-state index in [9.17, 15) is 4.79 Å². The maximum Gasteiger partial charge on any atom is 0.412 e. The molecule has 6 nitrogen and oxygen atoms in total. The van der Waals surface area contributed by atoms with Gasteiger partial charge in [-0.2, -0.15) is 0 Å². The van der Waals surface area contributed by atoms with Gasteiger partial charge in [-0.05, 0) is 39.8 Å². The van der Waals surface area contributed by atoms with Crippen molar-refractivity contribution in [3.8, 4) is 0 Å². The molecule has 0 saturated heterocycles. The SMILES string of the molecule is Cc1[nH]cnc1CNc1ccccc1NC(=O)OC(C)(C)C. The number of hydrogen-bond acceptors (Lipinski definition) is 4. The molecule has 0 spiro atoms. The van der Waals surface area contributed by atoms with E-state index in [4.69, 9.17) is 4.74 Å². The number of aryl methyl sites for hydroxylation is 1. The maximum atomic E-state index is 11.9. The Morgan fingerprint density at radius 2 is 1.95 bits per heavy atom. The van der Waals surface area contributed by atoms with Crippen LogP contribution in [0.25, 0.3) is 0 Å². The van der Waals surface area contributed by atoms with Crippen LogP contribution >= 0.6 is 0 Å². The van der Waals surface area contributed by atoms with Gasteiger partial charge in [0.05, 0.1) is 29.9 Å². The van der Waals surface area contributed by atoms with E-state index in [-0.39, 0.29) is 0 Å². The van der Waals surface area contributed by atoms with Gasteiger partial charge in [0, 0.05) is 5.69 Å². The quantitative estimate of drug-likeness (QED) is 0.805. The highest BCUT2D eigenvalue weighted by Crippen LogP contribution is 2.22. The zero-order valence-electron chi connectivity index (χ0n) is 13.4. The van der Waals surface area contributed by atoms with E-state index < -0.39 is 11.7 Å². The number of ether oxygens (including phenoxy) is 1. The summed E-state index contributed by atoms with van der Waals surface area (Å²) in [5.74, 6) is 0. The molecule has 0 aliphatic heterocycles. The number of imidazole rings is 1. The Labute approximate surface area is 130 Å².